The van der Waals surface area contributed by atoms with Crippen LogP contribution < -0.4 is 5.73 Å². The average Bonchev–Trinajstić information content (AvgIpc) is 3.12. The summed E-state index contributed by atoms with van der Waals surface area (Å²) in [4.78, 5) is 2.43. The quantitative estimate of drug-likeness (QED) is 0.768. The van der Waals surface area contributed by atoms with Gasteiger partial charge in [-0.25, -0.2) is 0 Å². The predicted molar refractivity (Wildman–Crippen MR) is 71.5 cm³/mol. The van der Waals surface area contributed by atoms with Gasteiger partial charge in [-0.15, -0.1) is 0 Å². The van der Waals surface area contributed by atoms with E-state index in [9.17, 15) is 0 Å². The van der Waals surface area contributed by atoms with E-state index in [2.05, 4.69) is 24.0 Å². The first-order valence-electron chi connectivity index (χ1n) is 6.83. The number of methoxy groups -OCH3 is 1. The van der Waals surface area contributed by atoms with Gasteiger partial charge in [0.25, 0.3) is 0 Å². The van der Waals surface area contributed by atoms with Crippen molar-refractivity contribution < 1.29 is 9.15 Å². The van der Waals surface area contributed by atoms with Crippen LogP contribution in [0.2, 0.25) is 0 Å². The third-order valence-corrected chi connectivity index (χ3v) is 3.55. The normalized spacial score (nSPS) is 17.3. The second-order valence-corrected chi connectivity index (χ2v) is 4.87. The molecular weight excluding hydrogens is 228 g/mol. The number of furan rings is 1. The fourth-order valence-electron chi connectivity index (χ4n) is 2.37. The Balaban J connectivity index is 2.08. The SMILES string of the molecule is CCc1ccc(C(CN)N(CCOC)C2CC2)o1. The van der Waals surface area contributed by atoms with E-state index in [0.717, 1.165) is 31.1 Å². The number of ether oxygens (including phenoxy) is 1. The van der Waals surface area contributed by atoms with Crippen LogP contribution in [0, 0.1) is 0 Å². The first-order valence-corrected chi connectivity index (χ1v) is 6.83. The molecule has 1 heterocycles. The Kier molecular flexibility index (Phi) is 4.80. The third-order valence-electron chi connectivity index (χ3n) is 3.55. The molecule has 102 valence electrons. The van der Waals surface area contributed by atoms with E-state index in [-0.39, 0.29) is 6.04 Å². The number of hydrogen-bond donors (Lipinski definition) is 1. The smallest absolute Gasteiger partial charge is 0.122 e. The van der Waals surface area contributed by atoms with Crippen molar-refractivity contribution in [2.45, 2.75) is 38.3 Å². The van der Waals surface area contributed by atoms with Crippen LogP contribution in [0.4, 0.5) is 0 Å². The predicted octanol–water partition coefficient (Wildman–Crippen LogP) is 1.95. The summed E-state index contributed by atoms with van der Waals surface area (Å²) in [5, 5.41) is 0. The molecule has 1 aliphatic carbocycles. The van der Waals surface area contributed by atoms with Gasteiger partial charge in [0, 0.05) is 32.7 Å². The molecule has 1 unspecified atom stereocenters. The molecule has 4 nitrogen and oxygen atoms in total. The van der Waals surface area contributed by atoms with E-state index < -0.39 is 0 Å². The van der Waals surface area contributed by atoms with Crippen molar-refractivity contribution in [2.75, 3.05) is 26.8 Å². The maximum Gasteiger partial charge on any atom is 0.122 e. The Morgan fingerprint density at radius 1 is 1.50 bits per heavy atom. The van der Waals surface area contributed by atoms with Gasteiger partial charge in [-0.2, -0.15) is 0 Å². The molecule has 1 aromatic heterocycles. The van der Waals surface area contributed by atoms with Crippen LogP contribution in [0.1, 0.15) is 37.3 Å². The highest BCUT2D eigenvalue weighted by atomic mass is 16.5. The van der Waals surface area contributed by atoms with Gasteiger partial charge in [-0.3, -0.25) is 4.90 Å². The van der Waals surface area contributed by atoms with Gasteiger partial charge in [-0.05, 0) is 25.0 Å². The minimum atomic E-state index is 0.188. The van der Waals surface area contributed by atoms with Crippen LogP contribution in [-0.4, -0.2) is 37.7 Å². The lowest BCUT2D eigenvalue weighted by molar-refractivity contribution is 0.106. The van der Waals surface area contributed by atoms with Crippen molar-refractivity contribution in [3.05, 3.63) is 23.7 Å². The molecule has 2 rings (SSSR count). The zero-order valence-electron chi connectivity index (χ0n) is 11.4. The van der Waals surface area contributed by atoms with Gasteiger partial charge in [0.2, 0.25) is 0 Å². The summed E-state index contributed by atoms with van der Waals surface area (Å²) < 4.78 is 11.1. The number of nitrogens with two attached hydrogens (primary N) is 1. The summed E-state index contributed by atoms with van der Waals surface area (Å²) in [6.07, 6.45) is 3.46. The lowest BCUT2D eigenvalue weighted by Gasteiger charge is -2.29. The molecule has 0 saturated heterocycles. The van der Waals surface area contributed by atoms with Crippen LogP contribution in [0.15, 0.2) is 16.5 Å². The molecule has 1 atom stereocenters. The maximum absolute atomic E-state index is 5.95. The van der Waals surface area contributed by atoms with Crippen molar-refractivity contribution in [3.63, 3.8) is 0 Å². The lowest BCUT2D eigenvalue weighted by atomic mass is 10.2. The van der Waals surface area contributed by atoms with Gasteiger partial charge in [0.1, 0.15) is 11.5 Å². The Morgan fingerprint density at radius 3 is 2.78 bits per heavy atom. The highest BCUT2D eigenvalue weighted by Gasteiger charge is 2.35. The maximum atomic E-state index is 5.95. The molecule has 1 saturated carbocycles. The van der Waals surface area contributed by atoms with E-state index in [1.54, 1.807) is 7.11 Å². The van der Waals surface area contributed by atoms with E-state index in [0.29, 0.717) is 12.6 Å². The topological polar surface area (TPSA) is 51.6 Å². The number of rotatable bonds is 8. The highest BCUT2D eigenvalue weighted by molar-refractivity contribution is 5.12. The largest absolute Gasteiger partial charge is 0.464 e. The van der Waals surface area contributed by atoms with Crippen molar-refractivity contribution in [1.82, 2.24) is 4.90 Å². The molecule has 0 aliphatic heterocycles. The van der Waals surface area contributed by atoms with Crippen LogP contribution in [0.5, 0.6) is 0 Å². The molecule has 4 heteroatoms. The van der Waals surface area contributed by atoms with Crippen molar-refractivity contribution >= 4 is 0 Å². The fraction of sp³-hybridized carbons (Fsp3) is 0.714. The molecule has 2 N–H and O–H groups in total. The summed E-state index contributed by atoms with van der Waals surface area (Å²) in [7, 11) is 1.74. The molecule has 0 bridgehead atoms. The van der Waals surface area contributed by atoms with Gasteiger partial charge < -0.3 is 14.9 Å². The first-order chi connectivity index (χ1) is 8.80. The molecule has 0 amide bonds. The monoisotopic (exact) mass is 252 g/mol. The summed E-state index contributed by atoms with van der Waals surface area (Å²) in [6.45, 7) is 4.36. The Hall–Kier alpha value is -0.840. The molecule has 1 aliphatic rings. The average molecular weight is 252 g/mol. The Labute approximate surface area is 109 Å². The van der Waals surface area contributed by atoms with Crippen molar-refractivity contribution in [2.24, 2.45) is 5.73 Å². The molecule has 0 spiro atoms. The second-order valence-electron chi connectivity index (χ2n) is 4.87. The van der Waals surface area contributed by atoms with Crippen molar-refractivity contribution in [3.8, 4) is 0 Å². The van der Waals surface area contributed by atoms with Crippen molar-refractivity contribution in [1.29, 1.82) is 0 Å². The van der Waals surface area contributed by atoms with E-state index in [4.69, 9.17) is 14.9 Å². The summed E-state index contributed by atoms with van der Waals surface area (Å²) in [6, 6.07) is 4.97. The van der Waals surface area contributed by atoms with Gasteiger partial charge >= 0.3 is 0 Å². The molecule has 1 fully saturated rings. The molecular formula is C14H24N2O2. The van der Waals surface area contributed by atoms with E-state index in [1.807, 2.05) is 0 Å². The standard InChI is InChI=1S/C14H24N2O2/c1-3-12-6-7-14(18-12)13(10-15)16(8-9-17-2)11-4-5-11/h6-7,11,13H,3-5,8-10,15H2,1-2H3. The number of aryl methyl sites for hydroxylation is 1. The summed E-state index contributed by atoms with van der Waals surface area (Å²) in [5.74, 6) is 2.03. The Morgan fingerprint density at radius 2 is 2.28 bits per heavy atom. The van der Waals surface area contributed by atoms with Gasteiger partial charge in [0.05, 0.1) is 12.6 Å². The zero-order valence-corrected chi connectivity index (χ0v) is 11.4. The van der Waals surface area contributed by atoms with Gasteiger partial charge in [0.15, 0.2) is 0 Å². The van der Waals surface area contributed by atoms with Crippen LogP contribution >= 0.6 is 0 Å². The third kappa shape index (κ3) is 3.13. The van der Waals surface area contributed by atoms with Crippen LogP contribution in [0.3, 0.4) is 0 Å². The second kappa shape index (κ2) is 6.36. The molecule has 1 aromatic rings. The van der Waals surface area contributed by atoms with Gasteiger partial charge in [-0.1, -0.05) is 6.92 Å². The summed E-state index contributed by atoms with van der Waals surface area (Å²) in [5.41, 5.74) is 5.95. The van der Waals surface area contributed by atoms with Crippen LogP contribution in [-0.2, 0) is 11.2 Å². The fourth-order valence-corrected chi connectivity index (χ4v) is 2.37. The number of hydrogen-bond acceptors (Lipinski definition) is 4. The minimum Gasteiger partial charge on any atom is -0.464 e. The van der Waals surface area contributed by atoms with Crippen LogP contribution in [0.25, 0.3) is 0 Å². The lowest BCUT2D eigenvalue weighted by Crippen LogP contribution is -2.37. The Bertz CT molecular complexity index is 360. The highest BCUT2D eigenvalue weighted by Crippen LogP contribution is 2.34. The first kappa shape index (κ1) is 13.6. The molecule has 0 radical (unpaired) electrons. The van der Waals surface area contributed by atoms with E-state index >= 15 is 0 Å². The number of nitrogens with zero attached hydrogens (tertiary/aromatic N) is 1. The van der Waals surface area contributed by atoms with E-state index in [1.165, 1.54) is 12.8 Å². The minimum absolute atomic E-state index is 0.188. The molecule has 18 heavy (non-hydrogen) atoms. The summed E-state index contributed by atoms with van der Waals surface area (Å²) >= 11 is 0. The zero-order chi connectivity index (χ0) is 13.0. The molecule has 0 aromatic carbocycles.